The van der Waals surface area contributed by atoms with E-state index >= 15 is 0 Å². The van der Waals surface area contributed by atoms with Gasteiger partial charge in [0.15, 0.2) is 0 Å². The predicted octanol–water partition coefficient (Wildman–Crippen LogP) is 0.957. The Kier molecular flexibility index (Phi) is 4.09. The Morgan fingerprint density at radius 2 is 1.95 bits per heavy atom. The fourth-order valence-corrected chi connectivity index (χ4v) is 2.24. The monoisotopic (exact) mass is 296 g/mol. The summed E-state index contributed by atoms with van der Waals surface area (Å²) in [5.41, 5.74) is 3.61. The molecule has 0 spiro atoms. The summed E-state index contributed by atoms with van der Waals surface area (Å²) in [7, 11) is -3.91. The summed E-state index contributed by atoms with van der Waals surface area (Å²) in [5.74, 6) is -0.970. The zero-order valence-corrected chi connectivity index (χ0v) is 10.6. The van der Waals surface area contributed by atoms with Crippen LogP contribution in [0.15, 0.2) is 24.3 Å². The van der Waals surface area contributed by atoms with Gasteiger partial charge in [0, 0.05) is 0 Å². The molecule has 0 saturated carbocycles. The van der Waals surface area contributed by atoms with Gasteiger partial charge in [-0.1, -0.05) is 6.07 Å². The third kappa shape index (κ3) is 4.12. The van der Waals surface area contributed by atoms with E-state index in [1.54, 1.807) is 0 Å². The van der Waals surface area contributed by atoms with Gasteiger partial charge in [0.1, 0.15) is 6.54 Å². The second-order valence-corrected chi connectivity index (χ2v) is 5.69. The highest BCUT2D eigenvalue weighted by Gasteiger charge is 2.31. The quantitative estimate of drug-likeness (QED) is 0.898. The van der Waals surface area contributed by atoms with Gasteiger partial charge in [0.05, 0.1) is 17.5 Å². The number of halogens is 3. The van der Waals surface area contributed by atoms with Crippen molar-refractivity contribution in [3.8, 4) is 0 Å². The van der Waals surface area contributed by atoms with E-state index in [1.807, 2.05) is 0 Å². The van der Waals surface area contributed by atoms with Crippen molar-refractivity contribution in [1.82, 2.24) is 0 Å². The van der Waals surface area contributed by atoms with E-state index in [0.717, 1.165) is 24.5 Å². The van der Waals surface area contributed by atoms with Crippen LogP contribution in [0.4, 0.5) is 18.9 Å². The molecule has 0 bridgehead atoms. The van der Waals surface area contributed by atoms with Gasteiger partial charge < -0.3 is 5.73 Å². The average Bonchev–Trinajstić information content (AvgIpc) is 2.23. The predicted molar refractivity (Wildman–Crippen MR) is 62.8 cm³/mol. The number of sulfonamides is 1. The number of carbonyl (C=O) groups excluding carboxylic acids is 1. The van der Waals surface area contributed by atoms with Gasteiger partial charge in [-0.05, 0) is 18.2 Å². The third-order valence-electron chi connectivity index (χ3n) is 2.16. The molecule has 0 saturated heterocycles. The molecular formula is C10H11F3N2O3S. The lowest BCUT2D eigenvalue weighted by Crippen LogP contribution is -2.38. The second-order valence-electron chi connectivity index (χ2n) is 3.78. The molecule has 0 fully saturated rings. The van der Waals surface area contributed by atoms with Crippen molar-refractivity contribution in [2.45, 2.75) is 6.18 Å². The van der Waals surface area contributed by atoms with Crippen molar-refractivity contribution >= 4 is 21.6 Å². The lowest BCUT2D eigenvalue weighted by atomic mass is 10.2. The molecule has 0 aliphatic carbocycles. The molecule has 106 valence electrons. The molecule has 1 aromatic rings. The zero-order valence-electron chi connectivity index (χ0n) is 9.81. The number of nitrogens with zero attached hydrogens (tertiary/aromatic N) is 1. The summed E-state index contributed by atoms with van der Waals surface area (Å²) in [6.45, 7) is -0.722. The van der Waals surface area contributed by atoms with Crippen molar-refractivity contribution in [1.29, 1.82) is 0 Å². The van der Waals surface area contributed by atoms with E-state index in [2.05, 4.69) is 0 Å². The minimum atomic E-state index is -4.61. The van der Waals surface area contributed by atoms with Gasteiger partial charge >= 0.3 is 6.18 Å². The van der Waals surface area contributed by atoms with Gasteiger partial charge in [-0.2, -0.15) is 13.2 Å². The first-order valence-electron chi connectivity index (χ1n) is 4.95. The van der Waals surface area contributed by atoms with E-state index in [9.17, 15) is 26.4 Å². The van der Waals surface area contributed by atoms with Crippen molar-refractivity contribution in [3.63, 3.8) is 0 Å². The van der Waals surface area contributed by atoms with Crippen LogP contribution in [-0.4, -0.2) is 27.1 Å². The highest BCUT2D eigenvalue weighted by Crippen LogP contribution is 2.32. The fraction of sp³-hybridized carbons (Fsp3) is 0.300. The topological polar surface area (TPSA) is 80.5 Å². The molecule has 0 aliphatic rings. The maximum absolute atomic E-state index is 12.5. The summed E-state index contributed by atoms with van der Waals surface area (Å²) in [6.07, 6.45) is -3.83. The Labute approximate surface area is 107 Å². The fourth-order valence-electron chi connectivity index (χ4n) is 1.38. The number of amides is 1. The Balaban J connectivity index is 3.28. The average molecular weight is 296 g/mol. The zero-order chi connectivity index (χ0) is 14.8. The molecule has 0 aromatic heterocycles. The minimum Gasteiger partial charge on any atom is -0.368 e. The van der Waals surface area contributed by atoms with E-state index in [4.69, 9.17) is 5.73 Å². The number of anilines is 1. The van der Waals surface area contributed by atoms with Crippen LogP contribution in [0.2, 0.25) is 0 Å². The molecule has 1 aromatic carbocycles. The Hall–Kier alpha value is -1.77. The van der Waals surface area contributed by atoms with Crippen molar-refractivity contribution in [3.05, 3.63) is 29.8 Å². The highest BCUT2D eigenvalue weighted by molar-refractivity contribution is 7.92. The van der Waals surface area contributed by atoms with Crippen molar-refractivity contribution < 1.29 is 26.4 Å². The number of primary amides is 1. The van der Waals surface area contributed by atoms with Crippen LogP contribution in [0.25, 0.3) is 0 Å². The molecule has 5 nitrogen and oxygen atoms in total. The van der Waals surface area contributed by atoms with Crippen molar-refractivity contribution in [2.24, 2.45) is 5.73 Å². The highest BCUT2D eigenvalue weighted by atomic mass is 32.2. The number of rotatable bonds is 4. The van der Waals surface area contributed by atoms with E-state index < -0.39 is 34.2 Å². The van der Waals surface area contributed by atoms with Gasteiger partial charge in [0.2, 0.25) is 15.9 Å². The van der Waals surface area contributed by atoms with Crippen LogP contribution in [-0.2, 0) is 21.0 Å². The molecule has 0 heterocycles. The van der Waals surface area contributed by atoms with Crippen LogP contribution >= 0.6 is 0 Å². The number of benzene rings is 1. The summed E-state index contributed by atoms with van der Waals surface area (Å²) in [5, 5.41) is 0. The summed E-state index contributed by atoms with van der Waals surface area (Å²) < 4.78 is 61.0. The number of hydrogen-bond acceptors (Lipinski definition) is 3. The van der Waals surface area contributed by atoms with Crippen LogP contribution in [0.1, 0.15) is 5.56 Å². The number of alkyl halides is 3. The maximum Gasteiger partial charge on any atom is 0.416 e. The molecule has 2 N–H and O–H groups in total. The summed E-state index contributed by atoms with van der Waals surface area (Å²) in [6, 6.07) is 3.65. The molecular weight excluding hydrogens is 285 g/mol. The number of nitrogens with two attached hydrogens (primary N) is 1. The van der Waals surface area contributed by atoms with E-state index in [-0.39, 0.29) is 5.69 Å². The number of carbonyl (C=O) groups is 1. The smallest absolute Gasteiger partial charge is 0.368 e. The molecule has 1 amide bonds. The first-order valence-corrected chi connectivity index (χ1v) is 6.80. The second kappa shape index (κ2) is 5.08. The van der Waals surface area contributed by atoms with Crippen LogP contribution in [0.5, 0.6) is 0 Å². The molecule has 0 unspecified atom stereocenters. The molecule has 1 rings (SSSR count). The summed E-state index contributed by atoms with van der Waals surface area (Å²) in [4.78, 5) is 10.8. The van der Waals surface area contributed by atoms with Gasteiger partial charge in [-0.15, -0.1) is 0 Å². The van der Waals surface area contributed by atoms with Gasteiger partial charge in [0.25, 0.3) is 0 Å². The Bertz CT molecular complexity index is 584. The van der Waals surface area contributed by atoms with Crippen LogP contribution in [0, 0.1) is 0 Å². The van der Waals surface area contributed by atoms with Gasteiger partial charge in [-0.3, -0.25) is 9.10 Å². The maximum atomic E-state index is 12.5. The van der Waals surface area contributed by atoms with E-state index in [1.165, 1.54) is 0 Å². The standard InChI is InChI=1S/C10H11F3N2O3S/c1-19(17,18)15(6-9(14)16)8-4-2-3-7(5-8)10(11,12)13/h2-5H,6H2,1H3,(H2,14,16). The van der Waals surface area contributed by atoms with Crippen molar-refractivity contribution in [2.75, 3.05) is 17.1 Å². The largest absolute Gasteiger partial charge is 0.416 e. The first-order chi connectivity index (χ1) is 8.51. The lowest BCUT2D eigenvalue weighted by molar-refractivity contribution is -0.137. The normalized spacial score (nSPS) is 12.2. The molecule has 9 heteroatoms. The molecule has 0 radical (unpaired) electrons. The van der Waals surface area contributed by atoms with Gasteiger partial charge in [-0.25, -0.2) is 8.42 Å². The first kappa shape index (κ1) is 15.3. The lowest BCUT2D eigenvalue weighted by Gasteiger charge is -2.21. The molecule has 0 aliphatic heterocycles. The van der Waals surface area contributed by atoms with E-state index in [0.29, 0.717) is 10.4 Å². The van der Waals surface area contributed by atoms with Crippen LogP contribution < -0.4 is 10.0 Å². The Morgan fingerprint density at radius 1 is 1.37 bits per heavy atom. The SMILES string of the molecule is CS(=O)(=O)N(CC(N)=O)c1cccc(C(F)(F)F)c1. The Morgan fingerprint density at radius 3 is 2.37 bits per heavy atom. The minimum absolute atomic E-state index is 0.267. The summed E-state index contributed by atoms with van der Waals surface area (Å²) >= 11 is 0. The number of hydrogen-bond donors (Lipinski definition) is 1. The third-order valence-corrected chi connectivity index (χ3v) is 3.30. The molecule has 19 heavy (non-hydrogen) atoms. The molecule has 0 atom stereocenters. The van der Waals surface area contributed by atoms with Crippen LogP contribution in [0.3, 0.4) is 0 Å².